The summed E-state index contributed by atoms with van der Waals surface area (Å²) >= 11 is 0. The van der Waals surface area contributed by atoms with E-state index >= 15 is 0 Å². The van der Waals surface area contributed by atoms with Crippen LogP contribution in [0, 0.1) is 0 Å². The van der Waals surface area contributed by atoms with Crippen molar-refractivity contribution in [2.45, 2.75) is 44.6 Å². The van der Waals surface area contributed by atoms with Crippen LogP contribution in [0.15, 0.2) is 30.3 Å². The Labute approximate surface area is 163 Å². The van der Waals surface area contributed by atoms with Crippen molar-refractivity contribution in [2.24, 2.45) is 0 Å². The van der Waals surface area contributed by atoms with Crippen molar-refractivity contribution in [3.8, 4) is 11.5 Å². The van der Waals surface area contributed by atoms with Crippen LogP contribution in [0.25, 0.3) is 21.5 Å². The molecule has 0 aliphatic carbocycles. The molecule has 5 rings (SSSR count). The Kier molecular flexibility index (Phi) is 3.85. The quantitative estimate of drug-likeness (QED) is 0.594. The topological polar surface area (TPSA) is 73.2 Å². The van der Waals surface area contributed by atoms with Crippen molar-refractivity contribution in [3.05, 3.63) is 47.0 Å². The molecule has 3 aromatic carbocycles. The fourth-order valence-electron chi connectivity index (χ4n) is 5.30. The highest BCUT2D eigenvalue weighted by Gasteiger charge is 2.48. The van der Waals surface area contributed by atoms with Crippen LogP contribution in [-0.2, 0) is 13.2 Å². The summed E-state index contributed by atoms with van der Waals surface area (Å²) in [5.41, 5.74) is 2.52. The Morgan fingerprint density at radius 1 is 1.14 bits per heavy atom. The molecule has 0 bridgehead atoms. The predicted octanol–water partition coefficient (Wildman–Crippen LogP) is 3.60. The first-order valence-corrected chi connectivity index (χ1v) is 9.80. The monoisotopic (exact) mass is 379 g/mol. The minimum absolute atomic E-state index is 0.122. The van der Waals surface area contributed by atoms with E-state index in [0.29, 0.717) is 11.3 Å². The molecule has 1 saturated heterocycles. The molecule has 2 aliphatic heterocycles. The van der Waals surface area contributed by atoms with Crippen molar-refractivity contribution in [2.75, 3.05) is 13.7 Å². The van der Waals surface area contributed by atoms with Gasteiger partial charge in [0, 0.05) is 17.6 Å². The number of fused-ring (bicyclic) bond motifs is 7. The summed E-state index contributed by atoms with van der Waals surface area (Å²) in [4.78, 5) is 2.39. The van der Waals surface area contributed by atoms with Crippen LogP contribution in [0.4, 0.5) is 0 Å². The molecule has 3 N–H and O–H groups in total. The lowest BCUT2D eigenvalue weighted by atomic mass is 9.77. The van der Waals surface area contributed by atoms with Gasteiger partial charge in [-0.05, 0) is 83.2 Å². The van der Waals surface area contributed by atoms with Gasteiger partial charge in [-0.2, -0.15) is 0 Å². The van der Waals surface area contributed by atoms with Crippen molar-refractivity contribution in [3.63, 3.8) is 0 Å². The van der Waals surface area contributed by atoms with Gasteiger partial charge < -0.3 is 20.1 Å². The summed E-state index contributed by atoms with van der Waals surface area (Å²) in [6, 6.07) is 9.25. The Balaban J connectivity index is 1.94. The second-order valence-corrected chi connectivity index (χ2v) is 8.27. The zero-order valence-electron chi connectivity index (χ0n) is 16.2. The minimum atomic E-state index is -0.598. The summed E-state index contributed by atoms with van der Waals surface area (Å²) < 4.78 is 5.52. The van der Waals surface area contributed by atoms with Gasteiger partial charge in [0.05, 0.1) is 19.8 Å². The predicted molar refractivity (Wildman–Crippen MR) is 109 cm³/mol. The van der Waals surface area contributed by atoms with Gasteiger partial charge in [-0.25, -0.2) is 0 Å². The third-order valence-electron chi connectivity index (χ3n) is 6.87. The molecule has 3 aromatic rings. The van der Waals surface area contributed by atoms with Gasteiger partial charge in [-0.3, -0.25) is 4.90 Å². The number of ether oxygens (including phenoxy) is 1. The van der Waals surface area contributed by atoms with Crippen LogP contribution in [0.2, 0.25) is 0 Å². The molecule has 0 radical (unpaired) electrons. The first kappa shape index (κ1) is 17.7. The van der Waals surface area contributed by atoms with Crippen LogP contribution >= 0.6 is 0 Å². The van der Waals surface area contributed by atoms with Crippen LogP contribution in [0.1, 0.15) is 42.6 Å². The fraction of sp³-hybridized carbons (Fsp3) is 0.391. The number of hydrogen-bond acceptors (Lipinski definition) is 5. The lowest BCUT2D eigenvalue weighted by Gasteiger charge is -2.45. The standard InChI is InChI=1S/C23H25NO4/c1-23-6-3-7-24(23)11-19-18-10-20(28-2)13(12-25)8-16(18)17-9-14(26)4-5-15(17)21(19)22(23)27/h4-5,8-10,22,25-27H,3,6-7,11-12H2,1-2H3. The SMILES string of the molecule is COc1cc2c3c(c4ccc(O)cc4c2cc1CO)C(O)C1(C)CCCN1C3. The van der Waals surface area contributed by atoms with E-state index in [1.54, 1.807) is 19.2 Å². The fourth-order valence-corrected chi connectivity index (χ4v) is 5.30. The molecule has 0 saturated carbocycles. The van der Waals surface area contributed by atoms with E-state index in [-0.39, 0.29) is 17.9 Å². The Hall–Kier alpha value is -2.34. The summed E-state index contributed by atoms with van der Waals surface area (Å²) in [5.74, 6) is 0.829. The van der Waals surface area contributed by atoms with Gasteiger partial charge in [0.15, 0.2) is 0 Å². The van der Waals surface area contributed by atoms with E-state index in [4.69, 9.17) is 4.74 Å². The molecule has 2 aliphatic rings. The summed E-state index contributed by atoms with van der Waals surface area (Å²) in [7, 11) is 1.60. The van der Waals surface area contributed by atoms with Crippen molar-refractivity contribution in [1.82, 2.24) is 4.90 Å². The number of aliphatic hydroxyl groups excluding tert-OH is 2. The highest BCUT2D eigenvalue weighted by atomic mass is 16.5. The molecule has 2 heterocycles. The third kappa shape index (κ3) is 2.24. The van der Waals surface area contributed by atoms with Gasteiger partial charge in [0.1, 0.15) is 11.5 Å². The zero-order valence-corrected chi connectivity index (χ0v) is 16.2. The number of hydrogen-bond donors (Lipinski definition) is 3. The average molecular weight is 379 g/mol. The lowest BCUT2D eigenvalue weighted by molar-refractivity contribution is -0.0142. The molecule has 5 nitrogen and oxygen atoms in total. The number of nitrogens with zero attached hydrogens (tertiary/aromatic N) is 1. The molecular weight excluding hydrogens is 354 g/mol. The maximum Gasteiger partial charge on any atom is 0.125 e. The van der Waals surface area contributed by atoms with Gasteiger partial charge in [0.25, 0.3) is 0 Å². The van der Waals surface area contributed by atoms with Crippen LogP contribution in [0.3, 0.4) is 0 Å². The largest absolute Gasteiger partial charge is 0.508 e. The van der Waals surface area contributed by atoms with Gasteiger partial charge in [0.2, 0.25) is 0 Å². The molecule has 1 fully saturated rings. The maximum absolute atomic E-state index is 11.5. The minimum Gasteiger partial charge on any atom is -0.508 e. The molecule has 28 heavy (non-hydrogen) atoms. The molecule has 2 unspecified atom stereocenters. The molecule has 5 heteroatoms. The van der Waals surface area contributed by atoms with E-state index < -0.39 is 6.10 Å². The highest BCUT2D eigenvalue weighted by molar-refractivity contribution is 6.12. The number of aliphatic hydroxyl groups is 2. The van der Waals surface area contributed by atoms with E-state index in [1.807, 2.05) is 18.2 Å². The van der Waals surface area contributed by atoms with Crippen LogP contribution in [0.5, 0.6) is 11.5 Å². The Morgan fingerprint density at radius 2 is 1.93 bits per heavy atom. The van der Waals surface area contributed by atoms with E-state index in [0.717, 1.165) is 58.6 Å². The van der Waals surface area contributed by atoms with Crippen molar-refractivity contribution >= 4 is 21.5 Å². The van der Waals surface area contributed by atoms with Crippen molar-refractivity contribution < 1.29 is 20.1 Å². The molecular formula is C23H25NO4. The zero-order chi connectivity index (χ0) is 19.6. The smallest absolute Gasteiger partial charge is 0.125 e. The number of benzene rings is 3. The second-order valence-electron chi connectivity index (χ2n) is 8.27. The Bertz CT molecular complexity index is 1110. The summed E-state index contributed by atoms with van der Waals surface area (Å²) in [6.07, 6.45) is 1.45. The number of methoxy groups -OCH3 is 1. The molecule has 0 amide bonds. The summed E-state index contributed by atoms with van der Waals surface area (Å²) in [6.45, 7) is 3.79. The average Bonchev–Trinajstić information content (AvgIpc) is 3.09. The van der Waals surface area contributed by atoms with Crippen LogP contribution in [-0.4, -0.2) is 39.4 Å². The van der Waals surface area contributed by atoms with Gasteiger partial charge in [-0.1, -0.05) is 6.07 Å². The van der Waals surface area contributed by atoms with Crippen molar-refractivity contribution in [1.29, 1.82) is 0 Å². The number of aromatic hydroxyl groups is 1. The third-order valence-corrected chi connectivity index (χ3v) is 6.87. The van der Waals surface area contributed by atoms with E-state index in [2.05, 4.69) is 11.8 Å². The van der Waals surface area contributed by atoms with Gasteiger partial charge in [-0.15, -0.1) is 0 Å². The molecule has 0 aromatic heterocycles. The number of phenols is 1. The number of rotatable bonds is 2. The maximum atomic E-state index is 11.5. The van der Waals surface area contributed by atoms with Gasteiger partial charge >= 0.3 is 0 Å². The van der Waals surface area contributed by atoms with E-state index in [1.165, 1.54) is 0 Å². The molecule has 0 spiro atoms. The second kappa shape index (κ2) is 6.08. The normalized spacial score (nSPS) is 24.5. The highest BCUT2D eigenvalue weighted by Crippen LogP contribution is 2.50. The first-order chi connectivity index (χ1) is 13.5. The Morgan fingerprint density at radius 3 is 2.68 bits per heavy atom. The lowest BCUT2D eigenvalue weighted by Crippen LogP contribution is -2.49. The molecule has 146 valence electrons. The molecule has 2 atom stereocenters. The van der Waals surface area contributed by atoms with E-state index in [9.17, 15) is 15.3 Å². The van der Waals surface area contributed by atoms with Crippen LogP contribution < -0.4 is 4.74 Å². The number of phenolic OH excluding ortho intramolecular Hbond substituents is 1. The summed E-state index contributed by atoms with van der Waals surface area (Å²) in [5, 5.41) is 35.2. The first-order valence-electron chi connectivity index (χ1n) is 9.80.